The maximum atomic E-state index is 11.6. The van der Waals surface area contributed by atoms with Crippen LogP contribution in [0.1, 0.15) is 15.2 Å². The third kappa shape index (κ3) is 2.44. The molecule has 1 heterocycles. The lowest BCUT2D eigenvalue weighted by atomic mass is 10.1. The Hall–Kier alpha value is -1.26. The summed E-state index contributed by atoms with van der Waals surface area (Å²) >= 11 is 6.99. The Morgan fingerprint density at radius 2 is 2.22 bits per heavy atom. The van der Waals surface area contributed by atoms with Gasteiger partial charge in [0.25, 0.3) is 0 Å². The van der Waals surface area contributed by atoms with Gasteiger partial charge in [-0.15, -0.1) is 22.9 Å². The smallest absolute Gasteiger partial charge is 0.348 e. The van der Waals surface area contributed by atoms with E-state index in [4.69, 9.17) is 21.1 Å². The normalized spacial score (nSPS) is 10.6. The van der Waals surface area contributed by atoms with Gasteiger partial charge in [0, 0.05) is 4.70 Å². The minimum absolute atomic E-state index is 0.295. The van der Waals surface area contributed by atoms with E-state index in [9.17, 15) is 4.79 Å². The highest BCUT2D eigenvalue weighted by Crippen LogP contribution is 2.33. The largest absolute Gasteiger partial charge is 0.492 e. The number of carbonyl (C=O) groups is 1. The minimum Gasteiger partial charge on any atom is -0.492 e. The second-order valence-corrected chi connectivity index (χ2v) is 5.17. The number of halogens is 1. The van der Waals surface area contributed by atoms with E-state index in [2.05, 4.69) is 0 Å². The summed E-state index contributed by atoms with van der Waals surface area (Å²) in [6, 6.07) is 5.76. The molecule has 0 N–H and O–H groups in total. The van der Waals surface area contributed by atoms with Gasteiger partial charge < -0.3 is 9.47 Å². The highest BCUT2D eigenvalue weighted by Gasteiger charge is 2.16. The maximum Gasteiger partial charge on any atom is 0.348 e. The van der Waals surface area contributed by atoms with E-state index in [-0.39, 0.29) is 5.97 Å². The van der Waals surface area contributed by atoms with E-state index in [1.54, 1.807) is 0 Å². The highest BCUT2D eigenvalue weighted by atomic mass is 35.5. The number of rotatable bonds is 4. The van der Waals surface area contributed by atoms with Crippen LogP contribution in [0.2, 0.25) is 0 Å². The molecule has 0 amide bonds. The second kappa shape index (κ2) is 5.59. The van der Waals surface area contributed by atoms with Crippen molar-refractivity contribution in [1.29, 1.82) is 0 Å². The van der Waals surface area contributed by atoms with E-state index >= 15 is 0 Å². The van der Waals surface area contributed by atoms with Gasteiger partial charge in [0.05, 0.1) is 13.0 Å². The molecule has 0 aliphatic heterocycles. The highest BCUT2D eigenvalue weighted by molar-refractivity contribution is 7.21. The van der Waals surface area contributed by atoms with Gasteiger partial charge >= 0.3 is 5.97 Å². The molecule has 18 heavy (non-hydrogen) atoms. The second-order valence-electron chi connectivity index (χ2n) is 3.74. The predicted octanol–water partition coefficient (Wildman–Crippen LogP) is 3.61. The summed E-state index contributed by atoms with van der Waals surface area (Å²) in [6.07, 6.45) is 0. The molecule has 0 bridgehead atoms. The lowest BCUT2D eigenvalue weighted by Crippen LogP contribution is -1.99. The SMILES string of the molecule is COC(=O)c1sc2cc(OCCCl)ccc2c1C. The Bertz CT molecular complexity index is 577. The number of hydrogen-bond acceptors (Lipinski definition) is 4. The number of thiophene rings is 1. The van der Waals surface area contributed by atoms with Crippen LogP contribution in [0.3, 0.4) is 0 Å². The number of fused-ring (bicyclic) bond motifs is 1. The van der Waals surface area contributed by atoms with Crippen molar-refractivity contribution in [2.24, 2.45) is 0 Å². The monoisotopic (exact) mass is 284 g/mol. The molecule has 1 aromatic carbocycles. The Labute approximate surface area is 114 Å². The summed E-state index contributed by atoms with van der Waals surface area (Å²) in [5, 5.41) is 1.05. The van der Waals surface area contributed by atoms with Crippen molar-refractivity contribution in [3.8, 4) is 5.75 Å². The van der Waals surface area contributed by atoms with E-state index < -0.39 is 0 Å². The molecule has 5 heteroatoms. The maximum absolute atomic E-state index is 11.6. The van der Waals surface area contributed by atoms with Crippen LogP contribution in [0.15, 0.2) is 18.2 Å². The Balaban J connectivity index is 2.42. The average Bonchev–Trinajstić information content (AvgIpc) is 2.72. The van der Waals surface area contributed by atoms with Gasteiger partial charge in [-0.1, -0.05) is 0 Å². The fourth-order valence-corrected chi connectivity index (χ4v) is 2.97. The molecule has 96 valence electrons. The fourth-order valence-electron chi connectivity index (χ4n) is 1.74. The Morgan fingerprint density at radius 1 is 1.44 bits per heavy atom. The van der Waals surface area contributed by atoms with Crippen LogP contribution in [-0.2, 0) is 4.74 Å². The van der Waals surface area contributed by atoms with Gasteiger partial charge in [-0.25, -0.2) is 4.79 Å². The van der Waals surface area contributed by atoms with Crippen LogP contribution in [0.25, 0.3) is 10.1 Å². The first-order chi connectivity index (χ1) is 8.67. The minimum atomic E-state index is -0.295. The average molecular weight is 285 g/mol. The first-order valence-electron chi connectivity index (χ1n) is 5.47. The number of alkyl halides is 1. The summed E-state index contributed by atoms with van der Waals surface area (Å²) in [6.45, 7) is 2.39. The van der Waals surface area contributed by atoms with Crippen molar-refractivity contribution < 1.29 is 14.3 Å². The van der Waals surface area contributed by atoms with Gasteiger partial charge in [0.2, 0.25) is 0 Å². The number of carbonyl (C=O) groups excluding carboxylic acids is 1. The molecule has 2 aromatic rings. The number of aryl methyl sites for hydroxylation is 1. The van der Waals surface area contributed by atoms with E-state index in [0.29, 0.717) is 17.4 Å². The zero-order valence-electron chi connectivity index (χ0n) is 10.2. The van der Waals surface area contributed by atoms with Crippen molar-refractivity contribution in [3.05, 3.63) is 28.6 Å². The molecule has 0 aliphatic rings. The summed E-state index contributed by atoms with van der Waals surface area (Å²) in [5.41, 5.74) is 0.950. The number of hydrogen-bond donors (Lipinski definition) is 0. The molecular weight excluding hydrogens is 272 g/mol. The van der Waals surface area contributed by atoms with Crippen LogP contribution in [0.5, 0.6) is 5.75 Å². The number of esters is 1. The summed E-state index contributed by atoms with van der Waals surface area (Å²) in [7, 11) is 1.39. The summed E-state index contributed by atoms with van der Waals surface area (Å²) in [4.78, 5) is 12.2. The third-order valence-electron chi connectivity index (χ3n) is 2.63. The van der Waals surface area contributed by atoms with Crippen molar-refractivity contribution in [2.45, 2.75) is 6.92 Å². The van der Waals surface area contributed by atoms with Crippen molar-refractivity contribution in [3.63, 3.8) is 0 Å². The molecular formula is C13H13ClO3S. The predicted molar refractivity (Wildman–Crippen MR) is 74.1 cm³/mol. The van der Waals surface area contributed by atoms with Crippen LogP contribution in [0, 0.1) is 6.92 Å². The van der Waals surface area contributed by atoms with Gasteiger partial charge in [-0.3, -0.25) is 0 Å². The quantitative estimate of drug-likeness (QED) is 0.635. The molecule has 0 fully saturated rings. The molecule has 0 aliphatic carbocycles. The molecule has 3 nitrogen and oxygen atoms in total. The van der Waals surface area contributed by atoms with Gasteiger partial charge in [-0.05, 0) is 36.1 Å². The lowest BCUT2D eigenvalue weighted by Gasteiger charge is -2.03. The zero-order valence-corrected chi connectivity index (χ0v) is 11.7. The molecule has 0 unspecified atom stereocenters. The van der Waals surface area contributed by atoms with Crippen LogP contribution < -0.4 is 4.74 Å². The van der Waals surface area contributed by atoms with Crippen LogP contribution in [0.4, 0.5) is 0 Å². The van der Waals surface area contributed by atoms with E-state index in [0.717, 1.165) is 21.4 Å². The molecule has 1 aromatic heterocycles. The Morgan fingerprint density at radius 3 is 2.89 bits per heavy atom. The number of ether oxygens (including phenoxy) is 2. The molecule has 0 saturated heterocycles. The van der Waals surface area contributed by atoms with E-state index in [1.807, 2.05) is 25.1 Å². The fraction of sp³-hybridized carbons (Fsp3) is 0.308. The van der Waals surface area contributed by atoms with Crippen molar-refractivity contribution in [1.82, 2.24) is 0 Å². The first kappa shape index (κ1) is 13.2. The lowest BCUT2D eigenvalue weighted by molar-refractivity contribution is 0.0605. The third-order valence-corrected chi connectivity index (χ3v) is 4.02. The Kier molecular flexibility index (Phi) is 4.09. The number of methoxy groups -OCH3 is 1. The van der Waals surface area contributed by atoms with Gasteiger partial charge in [0.15, 0.2) is 0 Å². The topological polar surface area (TPSA) is 35.5 Å². The standard InChI is InChI=1S/C13H13ClO3S/c1-8-10-4-3-9(17-6-5-14)7-11(10)18-12(8)13(15)16-2/h3-4,7H,5-6H2,1-2H3. The van der Waals surface area contributed by atoms with Crippen molar-refractivity contribution >= 4 is 39.0 Å². The molecule has 0 radical (unpaired) electrons. The van der Waals surface area contributed by atoms with Gasteiger partial charge in [-0.2, -0.15) is 0 Å². The van der Waals surface area contributed by atoms with Crippen LogP contribution in [-0.4, -0.2) is 25.6 Å². The summed E-state index contributed by atoms with van der Waals surface area (Å²) < 4.78 is 11.2. The van der Waals surface area contributed by atoms with Gasteiger partial charge in [0.1, 0.15) is 17.2 Å². The molecule has 0 saturated carbocycles. The molecule has 2 rings (SSSR count). The van der Waals surface area contributed by atoms with Crippen LogP contribution >= 0.6 is 22.9 Å². The number of benzene rings is 1. The zero-order chi connectivity index (χ0) is 13.1. The summed E-state index contributed by atoms with van der Waals surface area (Å²) in [5.74, 6) is 0.923. The molecule has 0 atom stereocenters. The first-order valence-corrected chi connectivity index (χ1v) is 6.82. The van der Waals surface area contributed by atoms with Crippen molar-refractivity contribution in [2.75, 3.05) is 19.6 Å². The molecule has 0 spiro atoms. The van der Waals surface area contributed by atoms with E-state index in [1.165, 1.54) is 18.4 Å².